The number of aromatic amines is 2. The van der Waals surface area contributed by atoms with E-state index in [1.807, 2.05) is 42.2 Å². The van der Waals surface area contributed by atoms with Crippen molar-refractivity contribution in [3.8, 4) is 16.9 Å². The van der Waals surface area contributed by atoms with Crippen LogP contribution in [0.25, 0.3) is 38.6 Å². The minimum absolute atomic E-state index is 0.611. The Morgan fingerprint density at radius 3 is 3.00 bits per heavy atom. The molecule has 0 bridgehead atoms. The maximum Gasteiger partial charge on any atom is 0.178 e. The van der Waals surface area contributed by atoms with E-state index in [4.69, 9.17) is 4.74 Å². The van der Waals surface area contributed by atoms with Crippen LogP contribution in [0.1, 0.15) is 6.92 Å². The molecule has 0 atom stereocenters. The van der Waals surface area contributed by atoms with Gasteiger partial charge in [-0.1, -0.05) is 18.2 Å². The smallest absolute Gasteiger partial charge is 0.178 e. The van der Waals surface area contributed by atoms with Crippen molar-refractivity contribution in [2.45, 2.75) is 6.92 Å². The molecule has 6 heteroatoms. The summed E-state index contributed by atoms with van der Waals surface area (Å²) in [6.45, 7) is 2.59. The molecule has 0 amide bonds. The second-order valence-corrected chi connectivity index (χ2v) is 5.70. The van der Waals surface area contributed by atoms with Crippen LogP contribution in [0.15, 0.2) is 48.9 Å². The Morgan fingerprint density at radius 1 is 1.17 bits per heavy atom. The molecular formula is C18H15N5O. The lowest BCUT2D eigenvalue weighted by molar-refractivity contribution is 0.338. The lowest BCUT2D eigenvalue weighted by Gasteiger charge is -2.09. The molecule has 2 N–H and O–H groups in total. The SMILES string of the molecule is CCOc1cc(-c2c[nH]c3ccccc23)c2c3cn[nH]c3nn2c1. The highest BCUT2D eigenvalue weighted by atomic mass is 16.5. The lowest BCUT2D eigenvalue weighted by Crippen LogP contribution is -1.97. The van der Waals surface area contributed by atoms with Crippen molar-refractivity contribution in [3.63, 3.8) is 0 Å². The molecule has 118 valence electrons. The molecule has 24 heavy (non-hydrogen) atoms. The molecule has 4 aromatic heterocycles. The summed E-state index contributed by atoms with van der Waals surface area (Å²) in [4.78, 5) is 3.34. The number of nitrogens with one attached hydrogen (secondary N) is 2. The van der Waals surface area contributed by atoms with Crippen LogP contribution in [0.5, 0.6) is 5.75 Å². The largest absolute Gasteiger partial charge is 0.492 e. The predicted octanol–water partition coefficient (Wildman–Crippen LogP) is 3.76. The van der Waals surface area contributed by atoms with Gasteiger partial charge < -0.3 is 9.72 Å². The van der Waals surface area contributed by atoms with E-state index in [1.165, 1.54) is 5.39 Å². The first-order valence-corrected chi connectivity index (χ1v) is 7.90. The van der Waals surface area contributed by atoms with Gasteiger partial charge in [0.1, 0.15) is 5.75 Å². The van der Waals surface area contributed by atoms with Gasteiger partial charge >= 0.3 is 0 Å². The Kier molecular flexibility index (Phi) is 2.67. The number of rotatable bonds is 3. The molecule has 0 fully saturated rings. The molecule has 0 aliphatic rings. The number of hydrogen-bond donors (Lipinski definition) is 2. The van der Waals surface area contributed by atoms with Crippen molar-refractivity contribution >= 4 is 27.5 Å². The van der Waals surface area contributed by atoms with Gasteiger partial charge in [-0.05, 0) is 19.1 Å². The highest BCUT2D eigenvalue weighted by Crippen LogP contribution is 2.36. The number of pyridine rings is 1. The first kappa shape index (κ1) is 13.2. The fourth-order valence-corrected chi connectivity index (χ4v) is 3.29. The topological polar surface area (TPSA) is 71.0 Å². The van der Waals surface area contributed by atoms with Crippen molar-refractivity contribution in [1.82, 2.24) is 24.8 Å². The average Bonchev–Trinajstić information content (AvgIpc) is 3.28. The Labute approximate surface area is 137 Å². The standard InChI is InChI=1S/C18H15N5O/c1-2-24-11-7-13(14-8-19-16-6-4-3-5-12(14)16)17-15-9-20-21-18(15)22-23(17)10-11/h3-10,19H,2H2,1H3,(H,21,22). The quantitative estimate of drug-likeness (QED) is 0.532. The van der Waals surface area contributed by atoms with Crippen LogP contribution in [-0.4, -0.2) is 31.4 Å². The molecule has 1 aromatic carbocycles. The molecule has 0 spiro atoms. The maximum absolute atomic E-state index is 5.74. The van der Waals surface area contributed by atoms with Crippen LogP contribution >= 0.6 is 0 Å². The zero-order chi connectivity index (χ0) is 16.1. The van der Waals surface area contributed by atoms with E-state index in [-0.39, 0.29) is 0 Å². The van der Waals surface area contributed by atoms with Gasteiger partial charge in [0.25, 0.3) is 0 Å². The van der Waals surface area contributed by atoms with E-state index in [0.717, 1.165) is 38.9 Å². The third-order valence-electron chi connectivity index (χ3n) is 4.29. The van der Waals surface area contributed by atoms with Crippen LogP contribution in [0, 0.1) is 0 Å². The van der Waals surface area contributed by atoms with Crippen LogP contribution in [0.2, 0.25) is 0 Å². The van der Waals surface area contributed by atoms with Gasteiger partial charge in [0.15, 0.2) is 5.65 Å². The zero-order valence-corrected chi connectivity index (χ0v) is 13.1. The normalized spacial score (nSPS) is 11.7. The molecular weight excluding hydrogens is 302 g/mol. The summed E-state index contributed by atoms with van der Waals surface area (Å²) in [5.41, 5.74) is 5.09. The van der Waals surface area contributed by atoms with E-state index in [9.17, 15) is 0 Å². The third-order valence-corrected chi connectivity index (χ3v) is 4.29. The van der Waals surface area contributed by atoms with E-state index < -0.39 is 0 Å². The van der Waals surface area contributed by atoms with E-state index >= 15 is 0 Å². The lowest BCUT2D eigenvalue weighted by atomic mass is 10.0. The number of H-pyrrole nitrogens is 2. The number of hydrogen-bond acceptors (Lipinski definition) is 3. The summed E-state index contributed by atoms with van der Waals surface area (Å²) in [5, 5.41) is 13.8. The summed E-state index contributed by atoms with van der Waals surface area (Å²) in [7, 11) is 0. The van der Waals surface area contributed by atoms with Gasteiger partial charge in [0.2, 0.25) is 0 Å². The van der Waals surface area contributed by atoms with Gasteiger partial charge in [0, 0.05) is 28.2 Å². The van der Waals surface area contributed by atoms with Gasteiger partial charge in [-0.3, -0.25) is 5.10 Å². The minimum atomic E-state index is 0.611. The predicted molar refractivity (Wildman–Crippen MR) is 93.3 cm³/mol. The molecule has 0 aliphatic heterocycles. The zero-order valence-electron chi connectivity index (χ0n) is 13.1. The summed E-state index contributed by atoms with van der Waals surface area (Å²) >= 11 is 0. The van der Waals surface area contributed by atoms with E-state index in [2.05, 4.69) is 38.5 Å². The Hall–Kier alpha value is -3.28. The number of nitrogens with zero attached hydrogens (tertiary/aromatic N) is 3. The van der Waals surface area contributed by atoms with Crippen LogP contribution in [-0.2, 0) is 0 Å². The first-order valence-electron chi connectivity index (χ1n) is 7.90. The number of fused-ring (bicyclic) bond motifs is 4. The number of ether oxygens (including phenoxy) is 1. The molecule has 0 aliphatic carbocycles. The maximum atomic E-state index is 5.74. The van der Waals surface area contributed by atoms with Gasteiger partial charge in [-0.25, -0.2) is 4.52 Å². The van der Waals surface area contributed by atoms with Gasteiger partial charge in [0.05, 0.1) is 29.9 Å². The third kappa shape index (κ3) is 1.76. The van der Waals surface area contributed by atoms with Crippen LogP contribution < -0.4 is 4.74 Å². The summed E-state index contributed by atoms with van der Waals surface area (Å²) < 4.78 is 7.61. The van der Waals surface area contributed by atoms with Gasteiger partial charge in [-0.15, -0.1) is 5.10 Å². The van der Waals surface area contributed by atoms with E-state index in [1.54, 1.807) is 0 Å². The molecule has 0 saturated heterocycles. The Morgan fingerprint density at radius 2 is 2.08 bits per heavy atom. The summed E-state index contributed by atoms with van der Waals surface area (Å²) in [5.74, 6) is 0.795. The van der Waals surface area contributed by atoms with Gasteiger partial charge in [-0.2, -0.15) is 5.10 Å². The first-order chi connectivity index (χ1) is 11.8. The summed E-state index contributed by atoms with van der Waals surface area (Å²) in [6.07, 6.45) is 5.76. The highest BCUT2D eigenvalue weighted by molar-refractivity contribution is 6.06. The molecule has 0 radical (unpaired) electrons. The van der Waals surface area contributed by atoms with E-state index in [0.29, 0.717) is 6.61 Å². The summed E-state index contributed by atoms with van der Waals surface area (Å²) in [6, 6.07) is 10.3. The molecule has 5 aromatic rings. The average molecular weight is 317 g/mol. The molecule has 5 rings (SSSR count). The minimum Gasteiger partial charge on any atom is -0.492 e. The Balaban J connectivity index is 1.91. The van der Waals surface area contributed by atoms with Crippen molar-refractivity contribution in [3.05, 3.63) is 48.9 Å². The monoisotopic (exact) mass is 317 g/mol. The Bertz CT molecular complexity index is 1180. The number of benzene rings is 1. The highest BCUT2D eigenvalue weighted by Gasteiger charge is 2.16. The van der Waals surface area contributed by atoms with Crippen molar-refractivity contribution in [2.75, 3.05) is 6.61 Å². The second kappa shape index (κ2) is 4.86. The number of para-hydroxylation sites is 1. The fourth-order valence-electron chi connectivity index (χ4n) is 3.29. The molecule has 0 unspecified atom stereocenters. The second-order valence-electron chi connectivity index (χ2n) is 5.70. The van der Waals surface area contributed by atoms with Crippen molar-refractivity contribution < 1.29 is 4.74 Å². The molecule has 0 saturated carbocycles. The van der Waals surface area contributed by atoms with Crippen LogP contribution in [0.3, 0.4) is 0 Å². The van der Waals surface area contributed by atoms with Crippen LogP contribution in [0.4, 0.5) is 0 Å². The van der Waals surface area contributed by atoms with Crippen molar-refractivity contribution in [1.29, 1.82) is 0 Å². The molecule has 4 heterocycles. The fraction of sp³-hybridized carbons (Fsp3) is 0.111. The molecule has 6 nitrogen and oxygen atoms in total. The number of aromatic nitrogens is 5. The van der Waals surface area contributed by atoms with Crippen molar-refractivity contribution in [2.24, 2.45) is 0 Å².